The molecule has 8 heteroatoms. The molecular weight excluding hydrogens is 823 g/mol. The first-order chi connectivity index (χ1) is 32.1. The SMILES string of the molecule is CC/C=C/C/C=C/C/C=C/C/C=C/C/C=C/C/C=C/CCCCCCC(=O)OCC(COCCC(C(=O)O)[N+](C)(C)C)OC(=O)CCCCCCCCCCCCCCCCCCCCC. The van der Waals surface area contributed by atoms with Crippen LogP contribution in [0.3, 0.4) is 0 Å². The molecule has 2 atom stereocenters. The average molecular weight is 925 g/mol. The van der Waals surface area contributed by atoms with Crippen molar-refractivity contribution >= 4 is 17.9 Å². The monoisotopic (exact) mass is 925 g/mol. The first kappa shape index (κ1) is 62.8. The van der Waals surface area contributed by atoms with Gasteiger partial charge in [-0.2, -0.15) is 0 Å². The molecule has 0 aliphatic carbocycles. The Kier molecular flexibility index (Phi) is 45.9. The fourth-order valence-electron chi connectivity index (χ4n) is 7.74. The van der Waals surface area contributed by atoms with Gasteiger partial charge in [0.25, 0.3) is 0 Å². The van der Waals surface area contributed by atoms with E-state index >= 15 is 0 Å². The van der Waals surface area contributed by atoms with Gasteiger partial charge in [-0.15, -0.1) is 0 Å². The average Bonchev–Trinajstić information content (AvgIpc) is 3.28. The zero-order chi connectivity index (χ0) is 48.4. The summed E-state index contributed by atoms with van der Waals surface area (Å²) in [5.41, 5.74) is 0. The zero-order valence-electron chi connectivity index (χ0n) is 43.4. The van der Waals surface area contributed by atoms with Crippen LogP contribution in [0.15, 0.2) is 72.9 Å². The summed E-state index contributed by atoms with van der Waals surface area (Å²) in [7, 11) is 5.53. The van der Waals surface area contributed by atoms with Crippen LogP contribution in [0.25, 0.3) is 0 Å². The quantitative estimate of drug-likeness (QED) is 0.0281. The van der Waals surface area contributed by atoms with Crippen LogP contribution >= 0.6 is 0 Å². The van der Waals surface area contributed by atoms with Crippen molar-refractivity contribution in [3.63, 3.8) is 0 Å². The third-order valence-electron chi connectivity index (χ3n) is 11.9. The molecule has 0 aliphatic rings. The molecule has 0 spiro atoms. The van der Waals surface area contributed by atoms with Crippen LogP contribution in [-0.4, -0.2) is 80.6 Å². The minimum atomic E-state index is -0.878. The second kappa shape index (κ2) is 48.2. The van der Waals surface area contributed by atoms with E-state index in [2.05, 4.69) is 86.8 Å². The van der Waals surface area contributed by atoms with Gasteiger partial charge in [0.05, 0.1) is 34.4 Å². The Hall–Kier alpha value is -3.23. The highest BCUT2D eigenvalue weighted by atomic mass is 16.6. The van der Waals surface area contributed by atoms with Gasteiger partial charge in [-0.05, 0) is 64.2 Å². The summed E-state index contributed by atoms with van der Waals surface area (Å²) in [6.07, 6.45) is 62.4. The Morgan fingerprint density at radius 3 is 1.26 bits per heavy atom. The number of carboxylic acid groups (broad SMARTS) is 1. The predicted octanol–water partition coefficient (Wildman–Crippen LogP) is 15.9. The summed E-state index contributed by atoms with van der Waals surface area (Å²) < 4.78 is 17.4. The van der Waals surface area contributed by atoms with E-state index in [1.54, 1.807) is 0 Å². The molecule has 66 heavy (non-hydrogen) atoms. The number of carbonyl (C=O) groups is 3. The minimum Gasteiger partial charge on any atom is -0.477 e. The van der Waals surface area contributed by atoms with Gasteiger partial charge in [0.2, 0.25) is 0 Å². The van der Waals surface area contributed by atoms with E-state index in [1.807, 2.05) is 21.1 Å². The molecule has 0 heterocycles. The number of allylic oxidation sites excluding steroid dienone is 12. The number of likely N-dealkylation sites (N-methyl/N-ethyl adjacent to an activating group) is 1. The Labute approximate surface area is 406 Å². The van der Waals surface area contributed by atoms with E-state index in [1.165, 1.54) is 103 Å². The lowest BCUT2D eigenvalue weighted by Crippen LogP contribution is -2.50. The van der Waals surface area contributed by atoms with Gasteiger partial charge in [0.1, 0.15) is 6.61 Å². The summed E-state index contributed by atoms with van der Waals surface area (Å²) in [6.45, 7) is 4.62. The number of carbonyl (C=O) groups excluding carboxylic acids is 2. The maximum Gasteiger partial charge on any atom is 0.362 e. The molecule has 0 saturated heterocycles. The number of nitrogens with zero attached hydrogens (tertiary/aromatic N) is 1. The molecule has 0 amide bonds. The molecule has 0 saturated carbocycles. The fourth-order valence-corrected chi connectivity index (χ4v) is 7.74. The number of aliphatic carboxylic acids is 1. The summed E-state index contributed by atoms with van der Waals surface area (Å²) in [4.78, 5) is 37.2. The van der Waals surface area contributed by atoms with Crippen LogP contribution in [0.1, 0.15) is 226 Å². The van der Waals surface area contributed by atoms with Gasteiger partial charge >= 0.3 is 17.9 Å². The largest absolute Gasteiger partial charge is 0.477 e. The van der Waals surface area contributed by atoms with Gasteiger partial charge in [-0.3, -0.25) is 9.59 Å². The molecule has 0 fully saturated rings. The Morgan fingerprint density at radius 2 is 0.848 bits per heavy atom. The molecule has 380 valence electrons. The van der Waals surface area contributed by atoms with Crippen LogP contribution < -0.4 is 0 Å². The first-order valence-electron chi connectivity index (χ1n) is 27.0. The molecule has 8 nitrogen and oxygen atoms in total. The molecule has 0 aliphatic heterocycles. The maximum absolute atomic E-state index is 12.8. The number of esters is 2. The second-order valence-corrected chi connectivity index (χ2v) is 19.1. The number of ether oxygens (including phenoxy) is 3. The van der Waals surface area contributed by atoms with Crippen molar-refractivity contribution in [3.8, 4) is 0 Å². The van der Waals surface area contributed by atoms with Gasteiger partial charge in [-0.1, -0.05) is 215 Å². The lowest BCUT2D eigenvalue weighted by molar-refractivity contribution is -0.887. The van der Waals surface area contributed by atoms with E-state index in [4.69, 9.17) is 14.2 Å². The van der Waals surface area contributed by atoms with E-state index in [0.29, 0.717) is 19.3 Å². The van der Waals surface area contributed by atoms with Crippen LogP contribution in [0, 0.1) is 0 Å². The third-order valence-corrected chi connectivity index (χ3v) is 11.9. The second-order valence-electron chi connectivity index (χ2n) is 19.1. The summed E-state index contributed by atoms with van der Waals surface area (Å²) in [5.74, 6) is -1.49. The van der Waals surface area contributed by atoms with E-state index in [0.717, 1.165) is 89.9 Å². The number of hydrogen-bond donors (Lipinski definition) is 1. The normalized spacial score (nSPS) is 13.4. The molecule has 0 bridgehead atoms. The standard InChI is InChI=1S/C58H101NO7/c1-6-8-10-12-14-16-18-20-22-24-26-27-28-29-31-32-34-36-38-40-42-44-46-48-56(60)65-53-54(52-64-51-50-55(58(62)63)59(3,4)5)66-57(61)49-47-45-43-41-39-37-35-33-30-25-23-21-19-17-15-13-11-9-7-2/h8,10,14,16,20,22,26-27,29,31,34,36,54-55H,6-7,9,11-13,15,17-19,21,23-25,28,30,32-33,35,37-53H2,1-5H3/p+1/b10-8+,16-14+,22-20+,27-26+,31-29+,36-34+. The van der Waals surface area contributed by atoms with Crippen LogP contribution in [0.5, 0.6) is 0 Å². The van der Waals surface area contributed by atoms with Crippen molar-refractivity contribution < 1.29 is 38.2 Å². The molecule has 0 aromatic rings. The minimum absolute atomic E-state index is 0.0519. The Bertz CT molecular complexity index is 1310. The highest BCUT2D eigenvalue weighted by molar-refractivity contribution is 5.72. The molecule has 0 rings (SSSR count). The summed E-state index contributed by atoms with van der Waals surface area (Å²) in [5, 5.41) is 9.67. The van der Waals surface area contributed by atoms with Gasteiger partial charge in [0.15, 0.2) is 12.1 Å². The topological polar surface area (TPSA) is 99.1 Å². The lowest BCUT2D eigenvalue weighted by Gasteiger charge is -2.31. The van der Waals surface area contributed by atoms with Crippen molar-refractivity contribution in [1.82, 2.24) is 0 Å². The lowest BCUT2D eigenvalue weighted by atomic mass is 10.0. The van der Waals surface area contributed by atoms with Crippen molar-refractivity contribution in [3.05, 3.63) is 72.9 Å². The highest BCUT2D eigenvalue weighted by Gasteiger charge is 2.31. The first-order valence-corrected chi connectivity index (χ1v) is 27.0. The third kappa shape index (κ3) is 45.9. The van der Waals surface area contributed by atoms with Crippen LogP contribution in [0.2, 0.25) is 0 Å². The van der Waals surface area contributed by atoms with Gasteiger partial charge < -0.3 is 23.8 Å². The molecule has 0 aromatic heterocycles. The predicted molar refractivity (Wildman–Crippen MR) is 280 cm³/mol. The fraction of sp³-hybridized carbons (Fsp3) is 0.741. The summed E-state index contributed by atoms with van der Waals surface area (Å²) >= 11 is 0. The zero-order valence-corrected chi connectivity index (χ0v) is 43.4. The number of quaternary nitrogens is 1. The van der Waals surface area contributed by atoms with Crippen molar-refractivity contribution in [2.75, 3.05) is 41.0 Å². The molecular formula is C58H102NO7+. The summed E-state index contributed by atoms with van der Waals surface area (Å²) in [6, 6.07) is -0.621. The molecule has 1 N–H and O–H groups in total. The van der Waals surface area contributed by atoms with Crippen molar-refractivity contribution in [2.45, 2.75) is 238 Å². The highest BCUT2D eigenvalue weighted by Crippen LogP contribution is 2.16. The van der Waals surface area contributed by atoms with E-state index < -0.39 is 18.1 Å². The van der Waals surface area contributed by atoms with Crippen molar-refractivity contribution in [2.24, 2.45) is 0 Å². The Morgan fingerprint density at radius 1 is 0.470 bits per heavy atom. The van der Waals surface area contributed by atoms with Gasteiger partial charge in [0, 0.05) is 19.3 Å². The van der Waals surface area contributed by atoms with Crippen molar-refractivity contribution in [1.29, 1.82) is 0 Å². The number of hydrogen-bond acceptors (Lipinski definition) is 6. The molecule has 0 aromatic carbocycles. The van der Waals surface area contributed by atoms with E-state index in [-0.39, 0.29) is 36.2 Å². The molecule has 2 unspecified atom stereocenters. The van der Waals surface area contributed by atoms with E-state index in [9.17, 15) is 19.5 Å². The maximum atomic E-state index is 12.8. The van der Waals surface area contributed by atoms with Crippen LogP contribution in [0.4, 0.5) is 0 Å². The number of unbranched alkanes of at least 4 members (excludes halogenated alkanes) is 22. The number of rotatable bonds is 48. The smallest absolute Gasteiger partial charge is 0.362 e. The number of carboxylic acids is 1. The van der Waals surface area contributed by atoms with Crippen LogP contribution in [-0.2, 0) is 28.6 Å². The van der Waals surface area contributed by atoms with Gasteiger partial charge in [-0.25, -0.2) is 4.79 Å². The Balaban J connectivity index is 4.27. The molecule has 0 radical (unpaired) electrons.